The fraction of sp³-hybridized carbons (Fsp3) is 0.562. The first-order valence-electron chi connectivity index (χ1n) is 8.09. The Morgan fingerprint density at radius 3 is 2.96 bits per heavy atom. The molecule has 23 heavy (non-hydrogen) atoms. The van der Waals surface area contributed by atoms with Gasteiger partial charge in [0.2, 0.25) is 5.95 Å². The molecule has 0 aliphatic carbocycles. The zero-order chi connectivity index (χ0) is 15.7. The first-order valence-corrected chi connectivity index (χ1v) is 8.09. The molecule has 122 valence electrons. The molecule has 4 rings (SSSR count). The van der Waals surface area contributed by atoms with E-state index in [0.29, 0.717) is 12.6 Å². The smallest absolute Gasteiger partial charge is 0.222 e. The lowest BCUT2D eigenvalue weighted by Crippen LogP contribution is -2.33. The van der Waals surface area contributed by atoms with Gasteiger partial charge in [0.05, 0.1) is 24.8 Å². The molecule has 0 unspecified atom stereocenters. The van der Waals surface area contributed by atoms with E-state index in [1.807, 2.05) is 25.5 Å². The Kier molecular flexibility index (Phi) is 3.74. The van der Waals surface area contributed by atoms with Crippen LogP contribution in [0.2, 0.25) is 0 Å². The molecular weight excluding hydrogens is 292 g/mol. The van der Waals surface area contributed by atoms with Gasteiger partial charge in [-0.1, -0.05) is 0 Å². The summed E-state index contributed by atoms with van der Waals surface area (Å²) in [6, 6.07) is 2.11. The number of nitrogens with one attached hydrogen (secondary N) is 1. The molecule has 0 amide bonds. The van der Waals surface area contributed by atoms with Crippen molar-refractivity contribution in [1.82, 2.24) is 24.4 Å². The third kappa shape index (κ3) is 3.07. The summed E-state index contributed by atoms with van der Waals surface area (Å²) < 4.78 is 8.26. The molecule has 2 fully saturated rings. The van der Waals surface area contributed by atoms with E-state index >= 15 is 0 Å². The standard InChI is InChI=1S/C16H22N6O/c1-21-8-6-17-14(21)10-22-7-3-16(12-22)9-13(11-23-16)20-15-18-4-2-5-19-15/h2,4-6,8,13H,3,7,9-12H2,1H3,(H,18,19,20)/t13-,16+/m0/s1. The zero-order valence-corrected chi connectivity index (χ0v) is 13.4. The Labute approximate surface area is 135 Å². The molecule has 1 spiro atoms. The number of anilines is 1. The van der Waals surface area contributed by atoms with Gasteiger partial charge in [0.25, 0.3) is 0 Å². The van der Waals surface area contributed by atoms with Crippen LogP contribution in [0.15, 0.2) is 30.9 Å². The third-order valence-corrected chi connectivity index (χ3v) is 4.79. The maximum absolute atomic E-state index is 6.18. The largest absolute Gasteiger partial charge is 0.371 e. The van der Waals surface area contributed by atoms with Gasteiger partial charge in [-0.3, -0.25) is 4.90 Å². The van der Waals surface area contributed by atoms with Crippen molar-refractivity contribution >= 4 is 5.95 Å². The summed E-state index contributed by atoms with van der Waals surface area (Å²) >= 11 is 0. The van der Waals surface area contributed by atoms with Crippen LogP contribution in [0, 0.1) is 0 Å². The molecule has 4 heterocycles. The van der Waals surface area contributed by atoms with E-state index in [2.05, 4.69) is 29.7 Å². The molecule has 0 bridgehead atoms. The van der Waals surface area contributed by atoms with Crippen LogP contribution < -0.4 is 5.32 Å². The maximum Gasteiger partial charge on any atom is 0.222 e. The van der Waals surface area contributed by atoms with Gasteiger partial charge in [-0.15, -0.1) is 0 Å². The number of hydrogen-bond acceptors (Lipinski definition) is 6. The minimum atomic E-state index is -0.0301. The van der Waals surface area contributed by atoms with Crippen molar-refractivity contribution in [3.8, 4) is 0 Å². The topological polar surface area (TPSA) is 68.1 Å². The Hall–Kier alpha value is -1.99. The number of rotatable bonds is 4. The van der Waals surface area contributed by atoms with Gasteiger partial charge < -0.3 is 14.6 Å². The van der Waals surface area contributed by atoms with Crippen molar-refractivity contribution in [1.29, 1.82) is 0 Å². The zero-order valence-electron chi connectivity index (χ0n) is 13.4. The number of aromatic nitrogens is 4. The van der Waals surface area contributed by atoms with Gasteiger partial charge in [-0.2, -0.15) is 0 Å². The van der Waals surface area contributed by atoms with Crippen LogP contribution in [0.25, 0.3) is 0 Å². The summed E-state index contributed by atoms with van der Waals surface area (Å²) in [7, 11) is 2.04. The number of likely N-dealkylation sites (tertiary alicyclic amines) is 1. The first kappa shape index (κ1) is 14.6. The van der Waals surface area contributed by atoms with Crippen molar-refractivity contribution in [3.05, 3.63) is 36.7 Å². The lowest BCUT2D eigenvalue weighted by Gasteiger charge is -2.23. The van der Waals surface area contributed by atoms with Crippen LogP contribution in [0.3, 0.4) is 0 Å². The summed E-state index contributed by atoms with van der Waals surface area (Å²) in [6.45, 7) is 3.62. The lowest BCUT2D eigenvalue weighted by molar-refractivity contribution is 0.0117. The van der Waals surface area contributed by atoms with E-state index in [1.165, 1.54) is 0 Å². The molecule has 2 saturated heterocycles. The van der Waals surface area contributed by atoms with E-state index in [4.69, 9.17) is 4.74 Å². The van der Waals surface area contributed by atoms with Crippen LogP contribution in [0.5, 0.6) is 0 Å². The Bertz CT molecular complexity index is 660. The monoisotopic (exact) mass is 314 g/mol. The van der Waals surface area contributed by atoms with E-state index in [1.54, 1.807) is 12.4 Å². The molecule has 2 atom stereocenters. The van der Waals surface area contributed by atoms with Crippen LogP contribution in [0.1, 0.15) is 18.7 Å². The maximum atomic E-state index is 6.18. The number of hydrogen-bond donors (Lipinski definition) is 1. The van der Waals surface area contributed by atoms with Gasteiger partial charge in [0.1, 0.15) is 5.82 Å². The van der Waals surface area contributed by atoms with Crippen molar-refractivity contribution in [2.24, 2.45) is 7.05 Å². The second kappa shape index (κ2) is 5.90. The molecule has 1 N–H and O–H groups in total. The minimum absolute atomic E-state index is 0.0301. The molecule has 7 nitrogen and oxygen atoms in total. The highest BCUT2D eigenvalue weighted by Crippen LogP contribution is 2.36. The predicted octanol–water partition coefficient (Wildman–Crippen LogP) is 1.06. The molecule has 7 heteroatoms. The summed E-state index contributed by atoms with van der Waals surface area (Å²) in [4.78, 5) is 15.3. The van der Waals surface area contributed by atoms with Gasteiger partial charge in [-0.25, -0.2) is 15.0 Å². The fourth-order valence-corrected chi connectivity index (χ4v) is 3.59. The van der Waals surface area contributed by atoms with Gasteiger partial charge in [0, 0.05) is 51.3 Å². The van der Waals surface area contributed by atoms with Crippen LogP contribution in [-0.2, 0) is 18.3 Å². The minimum Gasteiger partial charge on any atom is -0.371 e. The second-order valence-electron chi connectivity index (χ2n) is 6.53. The SMILES string of the molecule is Cn1ccnc1CN1CC[C@@]2(C[C@H](Nc3ncccn3)CO2)C1. The summed E-state index contributed by atoms with van der Waals surface area (Å²) in [6.07, 6.45) is 9.43. The molecule has 2 aliphatic heterocycles. The van der Waals surface area contributed by atoms with Crippen LogP contribution in [0.4, 0.5) is 5.95 Å². The van der Waals surface area contributed by atoms with E-state index in [9.17, 15) is 0 Å². The molecular formula is C16H22N6O. The molecule has 0 saturated carbocycles. The summed E-state index contributed by atoms with van der Waals surface area (Å²) in [5, 5.41) is 3.38. The third-order valence-electron chi connectivity index (χ3n) is 4.79. The van der Waals surface area contributed by atoms with Crippen molar-refractivity contribution in [3.63, 3.8) is 0 Å². The average Bonchev–Trinajstić information content (AvgIpc) is 3.25. The highest BCUT2D eigenvalue weighted by Gasteiger charge is 2.45. The molecule has 2 aliphatic rings. The van der Waals surface area contributed by atoms with Crippen molar-refractivity contribution in [2.75, 3.05) is 25.0 Å². The molecule has 2 aromatic heterocycles. The van der Waals surface area contributed by atoms with E-state index in [-0.39, 0.29) is 11.6 Å². The fourth-order valence-electron chi connectivity index (χ4n) is 3.59. The summed E-state index contributed by atoms with van der Waals surface area (Å²) in [5.74, 6) is 1.79. The first-order chi connectivity index (χ1) is 11.2. The Balaban J connectivity index is 1.35. The number of aryl methyl sites for hydroxylation is 1. The number of imidazole rings is 1. The highest BCUT2D eigenvalue weighted by atomic mass is 16.5. The highest BCUT2D eigenvalue weighted by molar-refractivity contribution is 5.25. The average molecular weight is 314 g/mol. The molecule has 0 aromatic carbocycles. The van der Waals surface area contributed by atoms with E-state index in [0.717, 1.165) is 38.3 Å². The quantitative estimate of drug-likeness (QED) is 0.910. The van der Waals surface area contributed by atoms with Crippen molar-refractivity contribution < 1.29 is 4.74 Å². The normalized spacial score (nSPS) is 27.8. The molecule has 2 aromatic rings. The van der Waals surface area contributed by atoms with Gasteiger partial charge in [0.15, 0.2) is 0 Å². The summed E-state index contributed by atoms with van der Waals surface area (Å²) in [5.41, 5.74) is -0.0301. The Morgan fingerprint density at radius 1 is 1.30 bits per heavy atom. The predicted molar refractivity (Wildman–Crippen MR) is 85.8 cm³/mol. The van der Waals surface area contributed by atoms with Gasteiger partial charge in [-0.05, 0) is 12.5 Å². The number of ether oxygens (including phenoxy) is 1. The Morgan fingerprint density at radius 2 is 2.17 bits per heavy atom. The second-order valence-corrected chi connectivity index (χ2v) is 6.53. The molecule has 0 radical (unpaired) electrons. The van der Waals surface area contributed by atoms with Gasteiger partial charge >= 0.3 is 0 Å². The number of nitrogens with zero attached hydrogens (tertiary/aromatic N) is 5. The van der Waals surface area contributed by atoms with Crippen LogP contribution >= 0.6 is 0 Å². The van der Waals surface area contributed by atoms with E-state index < -0.39 is 0 Å². The van der Waals surface area contributed by atoms with Crippen LogP contribution in [-0.4, -0.2) is 55.8 Å². The lowest BCUT2D eigenvalue weighted by atomic mass is 9.97. The van der Waals surface area contributed by atoms with Crippen molar-refractivity contribution in [2.45, 2.75) is 31.0 Å².